The van der Waals surface area contributed by atoms with Crippen LogP contribution in [0, 0.1) is 17.8 Å². The van der Waals surface area contributed by atoms with Crippen LogP contribution >= 0.6 is 0 Å². The van der Waals surface area contributed by atoms with E-state index in [1.54, 1.807) is 0 Å². The Hall–Kier alpha value is -0.0400. The van der Waals surface area contributed by atoms with Crippen LogP contribution in [0.3, 0.4) is 0 Å². The average molecular weight is 197 g/mol. The van der Waals surface area contributed by atoms with Crippen LogP contribution in [0.4, 0.5) is 0 Å². The SMILES string of the molecule is CCC(C)CC(N)C1CCCC(C)C1. The van der Waals surface area contributed by atoms with E-state index in [0.29, 0.717) is 6.04 Å². The van der Waals surface area contributed by atoms with Gasteiger partial charge in [0.05, 0.1) is 0 Å². The Balaban J connectivity index is 2.31. The molecule has 0 aromatic rings. The first-order chi connectivity index (χ1) is 6.63. The van der Waals surface area contributed by atoms with Gasteiger partial charge in [-0.2, -0.15) is 0 Å². The smallest absolute Gasteiger partial charge is 0.00697 e. The molecular weight excluding hydrogens is 170 g/mol. The van der Waals surface area contributed by atoms with Crippen molar-refractivity contribution in [3.05, 3.63) is 0 Å². The van der Waals surface area contributed by atoms with E-state index < -0.39 is 0 Å². The summed E-state index contributed by atoms with van der Waals surface area (Å²) in [5.41, 5.74) is 6.29. The molecule has 0 radical (unpaired) electrons. The van der Waals surface area contributed by atoms with E-state index in [1.165, 1.54) is 38.5 Å². The first-order valence-corrected chi connectivity index (χ1v) is 6.39. The van der Waals surface area contributed by atoms with Crippen molar-refractivity contribution in [3.63, 3.8) is 0 Å². The quantitative estimate of drug-likeness (QED) is 0.732. The van der Waals surface area contributed by atoms with Gasteiger partial charge in [-0.3, -0.25) is 0 Å². The Morgan fingerprint density at radius 1 is 1.36 bits per heavy atom. The summed E-state index contributed by atoms with van der Waals surface area (Å²) in [7, 11) is 0. The van der Waals surface area contributed by atoms with Crippen molar-refractivity contribution in [1.29, 1.82) is 0 Å². The molecule has 0 spiro atoms. The summed E-state index contributed by atoms with van der Waals surface area (Å²) >= 11 is 0. The van der Waals surface area contributed by atoms with Gasteiger partial charge in [0.2, 0.25) is 0 Å². The third kappa shape index (κ3) is 3.61. The van der Waals surface area contributed by atoms with Crippen molar-refractivity contribution in [3.8, 4) is 0 Å². The fourth-order valence-electron chi connectivity index (χ4n) is 2.69. The Morgan fingerprint density at radius 2 is 2.07 bits per heavy atom. The predicted octanol–water partition coefficient (Wildman–Crippen LogP) is 3.58. The minimum Gasteiger partial charge on any atom is -0.327 e. The van der Waals surface area contributed by atoms with Crippen LogP contribution in [-0.2, 0) is 0 Å². The molecule has 84 valence electrons. The molecule has 4 unspecified atom stereocenters. The second-order valence-corrected chi connectivity index (χ2v) is 5.44. The van der Waals surface area contributed by atoms with Crippen LogP contribution in [0.1, 0.15) is 59.3 Å². The van der Waals surface area contributed by atoms with Gasteiger partial charge in [-0.25, -0.2) is 0 Å². The van der Waals surface area contributed by atoms with Crippen molar-refractivity contribution < 1.29 is 0 Å². The minimum absolute atomic E-state index is 0.465. The molecule has 0 amide bonds. The van der Waals surface area contributed by atoms with E-state index in [2.05, 4.69) is 20.8 Å². The molecule has 0 saturated heterocycles. The van der Waals surface area contributed by atoms with E-state index in [4.69, 9.17) is 5.73 Å². The van der Waals surface area contributed by atoms with Gasteiger partial charge in [-0.15, -0.1) is 0 Å². The van der Waals surface area contributed by atoms with Gasteiger partial charge in [0, 0.05) is 6.04 Å². The lowest BCUT2D eigenvalue weighted by atomic mass is 9.76. The second-order valence-electron chi connectivity index (χ2n) is 5.44. The molecule has 1 heteroatoms. The lowest BCUT2D eigenvalue weighted by Gasteiger charge is -2.32. The molecule has 0 bridgehead atoms. The zero-order valence-corrected chi connectivity index (χ0v) is 10.1. The third-order valence-corrected chi connectivity index (χ3v) is 3.95. The van der Waals surface area contributed by atoms with Gasteiger partial charge in [0.25, 0.3) is 0 Å². The lowest BCUT2D eigenvalue weighted by molar-refractivity contribution is 0.226. The van der Waals surface area contributed by atoms with Crippen molar-refractivity contribution >= 4 is 0 Å². The predicted molar refractivity (Wildman–Crippen MR) is 63.2 cm³/mol. The molecule has 1 nitrogen and oxygen atoms in total. The van der Waals surface area contributed by atoms with Crippen molar-refractivity contribution in [2.75, 3.05) is 0 Å². The van der Waals surface area contributed by atoms with E-state index in [9.17, 15) is 0 Å². The summed E-state index contributed by atoms with van der Waals surface area (Å²) < 4.78 is 0. The first kappa shape index (κ1) is 12.0. The minimum atomic E-state index is 0.465. The summed E-state index contributed by atoms with van der Waals surface area (Å²) in [4.78, 5) is 0. The van der Waals surface area contributed by atoms with Crippen LogP contribution < -0.4 is 5.73 Å². The van der Waals surface area contributed by atoms with Gasteiger partial charge >= 0.3 is 0 Å². The molecular formula is C13H27N. The summed E-state index contributed by atoms with van der Waals surface area (Å²) in [5, 5.41) is 0. The lowest BCUT2D eigenvalue weighted by Crippen LogP contribution is -2.34. The maximum atomic E-state index is 6.29. The van der Waals surface area contributed by atoms with Gasteiger partial charge in [-0.1, -0.05) is 40.0 Å². The van der Waals surface area contributed by atoms with Crippen LogP contribution in [0.5, 0.6) is 0 Å². The molecule has 0 aromatic carbocycles. The molecule has 1 rings (SSSR count). The van der Waals surface area contributed by atoms with Gasteiger partial charge in [0.15, 0.2) is 0 Å². The zero-order valence-electron chi connectivity index (χ0n) is 10.1. The van der Waals surface area contributed by atoms with Gasteiger partial charge in [0.1, 0.15) is 0 Å². The monoisotopic (exact) mass is 197 g/mol. The Labute approximate surface area is 89.5 Å². The summed E-state index contributed by atoms with van der Waals surface area (Å²) in [6, 6.07) is 0.465. The fourth-order valence-corrected chi connectivity index (χ4v) is 2.69. The number of hydrogen-bond donors (Lipinski definition) is 1. The molecule has 14 heavy (non-hydrogen) atoms. The maximum absolute atomic E-state index is 6.29. The Kier molecular flexibility index (Phi) is 4.94. The van der Waals surface area contributed by atoms with Gasteiger partial charge in [-0.05, 0) is 37.0 Å². The topological polar surface area (TPSA) is 26.0 Å². The van der Waals surface area contributed by atoms with Crippen LogP contribution in [-0.4, -0.2) is 6.04 Å². The Morgan fingerprint density at radius 3 is 2.64 bits per heavy atom. The number of nitrogens with two attached hydrogens (primary N) is 1. The molecule has 1 saturated carbocycles. The van der Waals surface area contributed by atoms with Crippen molar-refractivity contribution in [2.24, 2.45) is 23.5 Å². The molecule has 0 aromatic heterocycles. The summed E-state index contributed by atoms with van der Waals surface area (Å²) in [6.45, 7) is 6.97. The van der Waals surface area contributed by atoms with Crippen LogP contribution in [0.15, 0.2) is 0 Å². The Bertz CT molecular complexity index is 155. The highest BCUT2D eigenvalue weighted by Gasteiger charge is 2.24. The third-order valence-electron chi connectivity index (χ3n) is 3.95. The zero-order chi connectivity index (χ0) is 10.6. The van der Waals surface area contributed by atoms with E-state index in [1.807, 2.05) is 0 Å². The molecule has 0 heterocycles. The van der Waals surface area contributed by atoms with Crippen LogP contribution in [0.25, 0.3) is 0 Å². The van der Waals surface area contributed by atoms with Crippen LogP contribution in [0.2, 0.25) is 0 Å². The van der Waals surface area contributed by atoms with E-state index in [0.717, 1.165) is 17.8 Å². The molecule has 1 aliphatic rings. The molecule has 2 N–H and O–H groups in total. The largest absolute Gasteiger partial charge is 0.327 e. The summed E-state index contributed by atoms with van der Waals surface area (Å²) in [5.74, 6) is 2.53. The average Bonchev–Trinajstić information content (AvgIpc) is 2.17. The maximum Gasteiger partial charge on any atom is 0.00697 e. The highest BCUT2D eigenvalue weighted by atomic mass is 14.7. The first-order valence-electron chi connectivity index (χ1n) is 6.39. The molecule has 1 fully saturated rings. The second kappa shape index (κ2) is 5.75. The normalized spacial score (nSPS) is 32.6. The van der Waals surface area contributed by atoms with Gasteiger partial charge < -0.3 is 5.73 Å². The standard InChI is InChI=1S/C13H27N/c1-4-10(2)9-13(14)12-7-5-6-11(3)8-12/h10-13H,4-9,14H2,1-3H3. The van der Waals surface area contributed by atoms with Crippen molar-refractivity contribution in [1.82, 2.24) is 0 Å². The van der Waals surface area contributed by atoms with E-state index >= 15 is 0 Å². The highest BCUT2D eigenvalue weighted by Crippen LogP contribution is 2.32. The number of rotatable bonds is 4. The molecule has 4 atom stereocenters. The number of hydrogen-bond acceptors (Lipinski definition) is 1. The highest BCUT2D eigenvalue weighted by molar-refractivity contribution is 4.80. The summed E-state index contributed by atoms with van der Waals surface area (Å²) in [6.07, 6.45) is 8.08. The van der Waals surface area contributed by atoms with E-state index in [-0.39, 0.29) is 0 Å². The fraction of sp³-hybridized carbons (Fsp3) is 1.00. The molecule has 1 aliphatic carbocycles. The molecule has 0 aliphatic heterocycles. The van der Waals surface area contributed by atoms with Crippen molar-refractivity contribution in [2.45, 2.75) is 65.3 Å².